The van der Waals surface area contributed by atoms with Crippen LogP contribution in [-0.2, 0) is 14.4 Å². The Morgan fingerprint density at radius 3 is 2.74 bits per heavy atom. The molecule has 0 aliphatic carbocycles. The molecule has 2 aromatic heterocycles. The number of allylic oxidation sites excluding steroid dienone is 1. The number of hydrogen-bond acceptors (Lipinski definition) is 14. The van der Waals surface area contributed by atoms with E-state index in [1.54, 1.807) is 7.05 Å². The summed E-state index contributed by atoms with van der Waals surface area (Å²) < 4.78 is 0.781. The minimum atomic E-state index is -1.58. The zero-order valence-electron chi connectivity index (χ0n) is 17.8. The Morgan fingerprint density at radius 2 is 2.14 bits per heavy atom. The maximum absolute atomic E-state index is 12.8. The second-order valence-corrected chi connectivity index (χ2v) is 12.4. The lowest BCUT2D eigenvalue weighted by atomic mass is 9.86. The summed E-state index contributed by atoms with van der Waals surface area (Å²) in [6, 6.07) is -3.12. The summed E-state index contributed by atoms with van der Waals surface area (Å²) in [6.07, 6.45) is 0.849. The fraction of sp³-hybridized carbons (Fsp3) is 0.412. The molecule has 3 atom stereocenters. The molecule has 2 aliphatic heterocycles. The molecule has 4 heterocycles. The molecular formula is C17H17ClN8O5S4. The summed E-state index contributed by atoms with van der Waals surface area (Å²) in [6.45, 7) is 0. The van der Waals surface area contributed by atoms with Crippen molar-refractivity contribution in [3.05, 3.63) is 25.5 Å². The minimum absolute atomic E-state index is 0.0489. The van der Waals surface area contributed by atoms with Gasteiger partial charge in [-0.3, -0.25) is 14.5 Å². The van der Waals surface area contributed by atoms with E-state index in [0.717, 1.165) is 15.7 Å². The van der Waals surface area contributed by atoms with E-state index in [2.05, 4.69) is 31.0 Å². The molecule has 35 heavy (non-hydrogen) atoms. The van der Waals surface area contributed by atoms with E-state index in [4.69, 9.17) is 17.3 Å². The van der Waals surface area contributed by atoms with Gasteiger partial charge in [-0.2, -0.15) is 0 Å². The first kappa shape index (κ1) is 25.6. The number of carbonyl (C=O) groups is 3. The summed E-state index contributed by atoms with van der Waals surface area (Å²) in [5.74, 6) is -2.67. The van der Waals surface area contributed by atoms with Gasteiger partial charge >= 0.3 is 5.97 Å². The van der Waals surface area contributed by atoms with Crippen LogP contribution in [0.15, 0.2) is 20.1 Å². The Hall–Kier alpha value is -2.47. The van der Waals surface area contributed by atoms with Crippen LogP contribution in [-0.4, -0.2) is 67.2 Å². The molecule has 2 aliphatic rings. The molecule has 2 aromatic rings. The highest BCUT2D eigenvalue weighted by Gasteiger charge is 2.54. The van der Waals surface area contributed by atoms with Crippen LogP contribution in [0.1, 0.15) is 24.6 Å². The van der Waals surface area contributed by atoms with Gasteiger partial charge in [0.05, 0.1) is 11.1 Å². The molecule has 0 saturated carbocycles. The predicted octanol–water partition coefficient (Wildman–Crippen LogP) is 2.35. The normalized spacial score (nSPS) is 20.2. The standard InChI is InChI=1S/C17H17ClN8O5S4/c1-20-16-23-24-17(35-16)33-4-32-6-3-2-5-7(13(28)26(5)10(6)14(29)30)21-12(27)9(25-31)8-11(18)34-15(19)22-8/h5,7,9H,2-4H2,1H3,(H2,19,22)(H,20,23)(H,21,27)(H,29,30)/t5-,7+,9?/m1/s1. The van der Waals surface area contributed by atoms with Crippen molar-refractivity contribution >= 4 is 85.8 Å². The predicted molar refractivity (Wildman–Crippen MR) is 134 cm³/mol. The summed E-state index contributed by atoms with van der Waals surface area (Å²) in [7, 11) is 1.74. The van der Waals surface area contributed by atoms with E-state index in [1.807, 2.05) is 0 Å². The van der Waals surface area contributed by atoms with Crippen LogP contribution < -0.4 is 16.4 Å². The van der Waals surface area contributed by atoms with Crippen molar-refractivity contribution in [1.82, 2.24) is 25.4 Å². The number of nitrogens with zero attached hydrogens (tertiary/aromatic N) is 5. The Kier molecular flexibility index (Phi) is 7.80. The third kappa shape index (κ3) is 5.09. The number of nitrogens with one attached hydrogen (secondary N) is 2. The zero-order valence-corrected chi connectivity index (χ0v) is 21.8. The average molecular weight is 577 g/mol. The van der Waals surface area contributed by atoms with Gasteiger partial charge in [0.1, 0.15) is 21.8 Å². The Balaban J connectivity index is 1.43. The number of nitrogen functional groups attached to an aromatic ring is 1. The number of thiazole rings is 1. The number of rotatable bonds is 10. The molecule has 0 aromatic carbocycles. The van der Waals surface area contributed by atoms with Gasteiger partial charge in [-0.05, 0) is 18.0 Å². The van der Waals surface area contributed by atoms with Crippen molar-refractivity contribution in [3.8, 4) is 0 Å². The SMILES string of the molecule is CNc1nnc(SCSC2=C(C(=O)O)N3C(=O)[C@@H](NC(=O)C(N=O)c4nc(N)sc4Cl)[C@H]3CC2)s1. The van der Waals surface area contributed by atoms with E-state index in [-0.39, 0.29) is 20.9 Å². The van der Waals surface area contributed by atoms with E-state index in [1.165, 1.54) is 39.8 Å². The van der Waals surface area contributed by atoms with Crippen LogP contribution in [0.3, 0.4) is 0 Å². The van der Waals surface area contributed by atoms with Gasteiger partial charge < -0.3 is 21.5 Å². The van der Waals surface area contributed by atoms with E-state index in [0.29, 0.717) is 28.0 Å². The Labute approximate surface area is 219 Å². The van der Waals surface area contributed by atoms with Gasteiger partial charge in [-0.1, -0.05) is 46.0 Å². The first-order chi connectivity index (χ1) is 16.7. The molecule has 2 amide bonds. The summed E-state index contributed by atoms with van der Waals surface area (Å²) in [5.41, 5.74) is 5.38. The lowest BCUT2D eigenvalue weighted by Gasteiger charge is -2.50. The molecule has 5 N–H and O–H groups in total. The van der Waals surface area contributed by atoms with Gasteiger partial charge in [0, 0.05) is 12.0 Å². The van der Waals surface area contributed by atoms with Crippen molar-refractivity contribution in [2.45, 2.75) is 35.3 Å². The van der Waals surface area contributed by atoms with Crippen LogP contribution >= 0.6 is 57.8 Å². The molecule has 0 spiro atoms. The Bertz CT molecular complexity index is 1220. The number of amides is 2. The van der Waals surface area contributed by atoms with Gasteiger partial charge in [0.15, 0.2) is 9.47 Å². The fourth-order valence-corrected chi connectivity index (χ4v) is 7.84. The van der Waals surface area contributed by atoms with Crippen molar-refractivity contribution in [1.29, 1.82) is 0 Å². The number of hydrogen-bond donors (Lipinski definition) is 4. The largest absolute Gasteiger partial charge is 0.477 e. The third-order valence-corrected chi connectivity index (χ3v) is 9.64. The molecule has 0 bridgehead atoms. The maximum atomic E-state index is 12.8. The molecule has 4 rings (SSSR count). The van der Waals surface area contributed by atoms with Gasteiger partial charge in [-0.25, -0.2) is 9.78 Å². The number of carbonyl (C=O) groups excluding carboxylic acids is 2. The highest BCUT2D eigenvalue weighted by atomic mass is 35.5. The number of nitroso groups, excluding NO2 is 1. The number of thioether (sulfide) groups is 2. The minimum Gasteiger partial charge on any atom is -0.477 e. The number of carboxylic acids is 1. The number of aliphatic carboxylic acids is 1. The van der Waals surface area contributed by atoms with E-state index < -0.39 is 35.9 Å². The third-order valence-electron chi connectivity index (χ3n) is 5.17. The molecule has 1 saturated heterocycles. The van der Waals surface area contributed by atoms with Crippen molar-refractivity contribution in [3.63, 3.8) is 0 Å². The number of nitrogens with two attached hydrogens (primary N) is 1. The van der Waals surface area contributed by atoms with Gasteiger partial charge in [0.25, 0.3) is 11.8 Å². The highest BCUT2D eigenvalue weighted by Crippen LogP contribution is 2.43. The summed E-state index contributed by atoms with van der Waals surface area (Å²) in [4.78, 5) is 54.5. The van der Waals surface area contributed by atoms with E-state index >= 15 is 0 Å². The van der Waals surface area contributed by atoms with Crippen LogP contribution in [0.4, 0.5) is 10.3 Å². The second kappa shape index (κ2) is 10.7. The quantitative estimate of drug-likeness (QED) is 0.140. The first-order valence-corrected chi connectivity index (χ1v) is 13.8. The molecule has 186 valence electrons. The molecular weight excluding hydrogens is 560 g/mol. The first-order valence-electron chi connectivity index (χ1n) is 9.86. The average Bonchev–Trinajstić information content (AvgIpc) is 3.42. The summed E-state index contributed by atoms with van der Waals surface area (Å²) in [5, 5.41) is 27.2. The monoisotopic (exact) mass is 576 g/mol. The van der Waals surface area contributed by atoms with Gasteiger partial charge in [0.2, 0.25) is 11.2 Å². The van der Waals surface area contributed by atoms with Crippen molar-refractivity contribution in [2.24, 2.45) is 5.18 Å². The maximum Gasteiger partial charge on any atom is 0.353 e. The number of fused-ring (bicyclic) bond motifs is 1. The lowest BCUT2D eigenvalue weighted by molar-refractivity contribution is -0.156. The molecule has 0 radical (unpaired) electrons. The van der Waals surface area contributed by atoms with Crippen LogP contribution in [0.5, 0.6) is 0 Å². The zero-order chi connectivity index (χ0) is 25.3. The fourth-order valence-electron chi connectivity index (χ4n) is 3.64. The summed E-state index contributed by atoms with van der Waals surface area (Å²) >= 11 is 11.0. The van der Waals surface area contributed by atoms with Crippen molar-refractivity contribution in [2.75, 3.05) is 23.2 Å². The number of halogens is 1. The molecule has 13 nitrogen and oxygen atoms in total. The highest BCUT2D eigenvalue weighted by molar-refractivity contribution is 8.18. The number of carboxylic acid groups (broad SMARTS) is 1. The van der Waals surface area contributed by atoms with Crippen LogP contribution in [0.2, 0.25) is 4.34 Å². The van der Waals surface area contributed by atoms with Gasteiger partial charge in [-0.15, -0.1) is 26.9 Å². The topological polar surface area (TPSA) is 193 Å². The van der Waals surface area contributed by atoms with E-state index in [9.17, 15) is 24.4 Å². The molecule has 1 fully saturated rings. The molecule has 1 unspecified atom stereocenters. The Morgan fingerprint density at radius 1 is 1.37 bits per heavy atom. The molecule has 18 heteroatoms. The van der Waals surface area contributed by atoms with Crippen LogP contribution in [0, 0.1) is 4.91 Å². The smallest absolute Gasteiger partial charge is 0.353 e. The lowest BCUT2D eigenvalue weighted by Crippen LogP contribution is -2.71. The second-order valence-electron chi connectivity index (χ2n) is 7.13. The number of aromatic nitrogens is 3. The number of anilines is 2. The number of β-lactam (4-membered cyclic amide) rings is 1. The van der Waals surface area contributed by atoms with Crippen LogP contribution in [0.25, 0.3) is 0 Å². The van der Waals surface area contributed by atoms with Crippen molar-refractivity contribution < 1.29 is 19.5 Å².